The van der Waals surface area contributed by atoms with Crippen LogP contribution in [0.5, 0.6) is 0 Å². The molecule has 104 valence electrons. The van der Waals surface area contributed by atoms with Gasteiger partial charge in [-0.1, -0.05) is 32.0 Å². The fraction of sp³-hybridized carbons (Fsp3) is 0.357. The summed E-state index contributed by atoms with van der Waals surface area (Å²) >= 11 is 0. The monoisotopic (exact) mass is 275 g/mol. The van der Waals surface area contributed by atoms with Crippen molar-refractivity contribution in [1.29, 1.82) is 5.39 Å². The van der Waals surface area contributed by atoms with Gasteiger partial charge in [-0.05, 0) is 12.1 Å². The van der Waals surface area contributed by atoms with Crippen molar-refractivity contribution in [2.45, 2.75) is 20.0 Å². The summed E-state index contributed by atoms with van der Waals surface area (Å²) in [5.41, 5.74) is -0.236. The lowest BCUT2D eigenvalue weighted by Crippen LogP contribution is -2.32. The smallest absolute Gasteiger partial charge is 0.471 e. The molecule has 0 unspecified atom stereocenters. The number of rotatable bonds is 3. The second-order valence-electron chi connectivity index (χ2n) is 5.21. The van der Waals surface area contributed by atoms with Crippen LogP contribution in [-0.2, 0) is 14.3 Å². The number of aliphatic hydroxyl groups excluding tert-OH is 1. The zero-order valence-corrected chi connectivity index (χ0v) is 11.2. The molecule has 1 heterocycles. The first-order valence-corrected chi connectivity index (χ1v) is 6.13. The first-order valence-electron chi connectivity index (χ1n) is 6.13. The lowest BCUT2D eigenvalue weighted by Gasteiger charge is -2.21. The highest BCUT2D eigenvalue weighted by Gasteiger charge is 2.47. The number of benzene rings is 1. The predicted molar refractivity (Wildman–Crippen MR) is 70.7 cm³/mol. The summed E-state index contributed by atoms with van der Waals surface area (Å²) < 4.78 is 10.2. The lowest BCUT2D eigenvalue weighted by atomic mass is 9.90. The summed E-state index contributed by atoms with van der Waals surface area (Å²) in [5, 5.41) is 19.0. The van der Waals surface area contributed by atoms with Gasteiger partial charge in [0, 0.05) is 5.41 Å². The molecule has 1 fully saturated rings. The van der Waals surface area contributed by atoms with Crippen molar-refractivity contribution in [1.82, 2.24) is 0 Å². The van der Waals surface area contributed by atoms with E-state index >= 15 is 0 Å². The van der Waals surface area contributed by atoms with E-state index in [4.69, 9.17) is 14.9 Å². The molecule has 0 bridgehead atoms. The van der Waals surface area contributed by atoms with Crippen molar-refractivity contribution in [2.75, 3.05) is 6.61 Å². The second kappa shape index (κ2) is 5.21. The lowest BCUT2D eigenvalue weighted by molar-refractivity contribution is -0.148. The Bertz CT molecular complexity index is 587. The molecule has 1 atom stereocenters. The van der Waals surface area contributed by atoms with E-state index in [2.05, 4.69) is 4.98 Å². The van der Waals surface area contributed by atoms with E-state index < -0.39 is 23.4 Å². The maximum absolute atomic E-state index is 11.6. The van der Waals surface area contributed by atoms with Crippen molar-refractivity contribution in [3.8, 4) is 0 Å². The molecule has 0 amide bonds. The van der Waals surface area contributed by atoms with E-state index in [-0.39, 0.29) is 12.3 Å². The Labute approximate surface area is 116 Å². The molecule has 1 saturated heterocycles. The first kappa shape index (κ1) is 13.9. The number of hydrogen-bond acceptors (Lipinski definition) is 5. The molecule has 2 rings (SSSR count). The number of esters is 1. The minimum atomic E-state index is -0.942. The number of diazo groups is 1. The van der Waals surface area contributed by atoms with Crippen molar-refractivity contribution in [3.63, 3.8) is 0 Å². The van der Waals surface area contributed by atoms with E-state index in [1.807, 2.05) is 0 Å². The summed E-state index contributed by atoms with van der Waals surface area (Å²) in [6, 6.07) is 8.52. The highest BCUT2D eigenvalue weighted by Crippen LogP contribution is 2.33. The number of carbonyl (C=O) groups is 1. The molecule has 0 aliphatic carbocycles. The number of hydrogen-bond donors (Lipinski definition) is 1. The highest BCUT2D eigenvalue weighted by molar-refractivity contribution is 5.78. The van der Waals surface area contributed by atoms with E-state index in [9.17, 15) is 9.90 Å². The Morgan fingerprint density at radius 2 is 2.10 bits per heavy atom. The third-order valence-corrected chi connectivity index (χ3v) is 3.09. The quantitative estimate of drug-likeness (QED) is 0.521. The number of nitrogens with zero attached hydrogens (tertiary/aromatic N) is 2. The molecule has 1 aliphatic heterocycles. The second-order valence-corrected chi connectivity index (χ2v) is 5.21. The molecule has 1 aromatic rings. The van der Waals surface area contributed by atoms with Gasteiger partial charge in [0.1, 0.15) is 6.61 Å². The Morgan fingerprint density at radius 3 is 2.60 bits per heavy atom. The van der Waals surface area contributed by atoms with E-state index in [1.165, 1.54) is 0 Å². The topological polar surface area (TPSA) is 83.9 Å². The predicted octanol–water partition coefficient (Wildman–Crippen LogP) is 2.69. The molecule has 0 saturated carbocycles. The van der Waals surface area contributed by atoms with Crippen molar-refractivity contribution in [2.24, 2.45) is 5.41 Å². The Kier molecular flexibility index (Phi) is 3.61. The van der Waals surface area contributed by atoms with Gasteiger partial charge in [0.25, 0.3) is 0 Å². The van der Waals surface area contributed by atoms with Gasteiger partial charge in [0.2, 0.25) is 11.5 Å². The minimum absolute atomic E-state index is 0.138. The molecule has 20 heavy (non-hydrogen) atoms. The maximum atomic E-state index is 11.6. The molecular weight excluding hydrogens is 260 g/mol. The molecule has 1 aromatic carbocycles. The van der Waals surface area contributed by atoms with Gasteiger partial charge in [-0.15, -0.1) is 0 Å². The first-order chi connectivity index (χ1) is 9.45. The minimum Gasteiger partial charge on any atom is -0.475 e. The summed E-state index contributed by atoms with van der Waals surface area (Å²) in [7, 11) is 0. The van der Waals surface area contributed by atoms with Crippen LogP contribution in [0.2, 0.25) is 0 Å². The van der Waals surface area contributed by atoms with Crippen LogP contribution in [0.3, 0.4) is 0 Å². The molecule has 0 spiro atoms. The third kappa shape index (κ3) is 2.57. The van der Waals surface area contributed by atoms with Crippen LogP contribution in [0.15, 0.2) is 36.3 Å². The van der Waals surface area contributed by atoms with Crippen molar-refractivity contribution in [3.05, 3.63) is 46.8 Å². The van der Waals surface area contributed by atoms with E-state index in [0.29, 0.717) is 5.56 Å². The van der Waals surface area contributed by atoms with Crippen LogP contribution in [0.1, 0.15) is 19.4 Å². The summed E-state index contributed by atoms with van der Waals surface area (Å²) in [5.74, 6) is -1.16. The highest BCUT2D eigenvalue weighted by atomic mass is 16.6. The van der Waals surface area contributed by atoms with Crippen LogP contribution in [0.25, 0.3) is 10.7 Å². The molecular formula is C14H15N2O4+. The standard InChI is InChI=1S/C14H14N2O4/c1-14(2)8-19-13(18)11(14)20-12(17)10(16-15)9-6-4-3-5-7-9/h3-7,11H,8H2,1-2H3/p+1/b12-10-/t11-/m0/s1. The van der Waals surface area contributed by atoms with Crippen LogP contribution in [0.4, 0.5) is 0 Å². The van der Waals surface area contributed by atoms with Crippen LogP contribution < -0.4 is 0 Å². The van der Waals surface area contributed by atoms with Crippen molar-refractivity contribution < 1.29 is 19.4 Å². The number of ether oxygens (including phenoxy) is 2. The van der Waals surface area contributed by atoms with E-state index in [0.717, 1.165) is 0 Å². The van der Waals surface area contributed by atoms with Gasteiger partial charge < -0.3 is 14.6 Å². The van der Waals surface area contributed by atoms with Gasteiger partial charge in [-0.25, -0.2) is 4.79 Å². The van der Waals surface area contributed by atoms with Gasteiger partial charge in [0.05, 0.1) is 5.56 Å². The summed E-state index contributed by atoms with van der Waals surface area (Å²) in [4.78, 5) is 14.6. The van der Waals surface area contributed by atoms with Gasteiger partial charge in [0.15, 0.2) is 4.98 Å². The number of cyclic esters (lactones) is 1. The Hall–Kier alpha value is -2.55. The van der Waals surface area contributed by atoms with Crippen molar-refractivity contribution >= 4 is 11.7 Å². The largest absolute Gasteiger partial charge is 0.475 e. The van der Waals surface area contributed by atoms with Gasteiger partial charge in [-0.2, -0.15) is 0 Å². The Morgan fingerprint density at radius 1 is 1.45 bits per heavy atom. The van der Waals surface area contributed by atoms with E-state index in [1.54, 1.807) is 44.2 Å². The van der Waals surface area contributed by atoms with Gasteiger partial charge >= 0.3 is 17.6 Å². The average Bonchev–Trinajstić information content (AvgIpc) is 2.68. The van der Waals surface area contributed by atoms with Crippen LogP contribution >= 0.6 is 0 Å². The normalized spacial score (nSPS) is 21.6. The molecule has 6 heteroatoms. The fourth-order valence-electron chi connectivity index (χ4n) is 1.92. The number of carbonyl (C=O) groups excluding carboxylic acids is 1. The zero-order chi connectivity index (χ0) is 14.8. The fourth-order valence-corrected chi connectivity index (χ4v) is 1.92. The maximum Gasteiger partial charge on any atom is 0.471 e. The summed E-state index contributed by atoms with van der Waals surface area (Å²) in [6.07, 6.45) is -0.942. The third-order valence-electron chi connectivity index (χ3n) is 3.09. The van der Waals surface area contributed by atoms with Crippen LogP contribution in [-0.4, -0.2) is 23.8 Å². The SMILES string of the molecule is CC1(C)COC(=O)[C@@H]1O/C(O)=C(\[N+]#N)c1ccccc1. The van der Waals surface area contributed by atoms with Gasteiger partial charge in [-0.3, -0.25) is 0 Å². The average molecular weight is 275 g/mol. The summed E-state index contributed by atoms with van der Waals surface area (Å²) in [6.45, 7) is 3.78. The zero-order valence-electron chi connectivity index (χ0n) is 11.2. The molecule has 0 aromatic heterocycles. The Balaban J connectivity index is 2.30. The number of aliphatic hydroxyl groups is 1. The molecule has 1 aliphatic rings. The molecule has 6 nitrogen and oxygen atoms in total. The van der Waals surface area contributed by atoms with Crippen LogP contribution in [0, 0.1) is 10.8 Å². The molecule has 1 N–H and O–H groups in total. The molecule has 0 radical (unpaired) electrons.